The summed E-state index contributed by atoms with van der Waals surface area (Å²) in [4.78, 5) is 32.4. The Balaban J connectivity index is 1.21. The Bertz CT molecular complexity index is 2270. The molecular weight excluding hydrogens is 1010 g/mol. The van der Waals surface area contributed by atoms with Crippen LogP contribution in [0, 0.1) is 17.8 Å². The normalized spacial score (nSPS) is 38.0. The number of benzene rings is 1. The van der Waals surface area contributed by atoms with Gasteiger partial charge in [0.15, 0.2) is 12.6 Å². The summed E-state index contributed by atoms with van der Waals surface area (Å²) in [6.45, 7) is 21.0. The first-order chi connectivity index (χ1) is 36.7. The number of aliphatic hydroxyl groups is 4. The molecule has 0 spiro atoms. The van der Waals surface area contributed by atoms with Crippen LogP contribution in [0.15, 0.2) is 36.5 Å². The van der Waals surface area contributed by atoms with Gasteiger partial charge in [-0.2, -0.15) is 0 Å². The Morgan fingerprint density at radius 1 is 0.974 bits per heavy atom. The number of methoxy groups -OCH3 is 2. The maximum atomic E-state index is 15.0. The van der Waals surface area contributed by atoms with Crippen LogP contribution >= 0.6 is 0 Å². The second-order valence-corrected chi connectivity index (χ2v) is 24.0. The number of halogens is 1. The topological polar surface area (TPSA) is 220 Å². The van der Waals surface area contributed by atoms with Crippen molar-refractivity contribution in [2.75, 3.05) is 61.2 Å². The first kappa shape index (κ1) is 63.7. The molecule has 3 fully saturated rings. The molecule has 0 bridgehead atoms. The molecule has 19 nitrogen and oxygen atoms in total. The van der Waals surface area contributed by atoms with E-state index in [1.165, 1.54) is 19.6 Å². The number of nitrogens with zero attached hydrogens (tertiary/aromatic N) is 6. The number of likely N-dealkylation sites (N-methyl/N-ethyl adjacent to an activating group) is 2. The smallest absolute Gasteiger partial charge is 0.311 e. The third-order valence-electron chi connectivity index (χ3n) is 17.7. The molecule has 0 aliphatic carbocycles. The lowest BCUT2D eigenvalue weighted by Gasteiger charge is -2.48. The maximum absolute atomic E-state index is 15.0. The highest BCUT2D eigenvalue weighted by Crippen LogP contribution is 2.41. The van der Waals surface area contributed by atoms with Gasteiger partial charge >= 0.3 is 5.97 Å². The number of carbonyl (C=O) groups is 2. The molecule has 2 aromatic rings. The average molecular weight is 1100 g/mol. The standard InChI is InChI=1S/C58H95FN6O13/c1-16-47-58(11,71)52(67)38(6)63(13)32-34(2)29-56(9,70)54(36(4)50(37(5)55(69)76-47)77-49-30-57(10,73-15)53(68)39(7)75-49)78-48-28-45(27-35(3)74-48)62(12)24-23-44-33-65(61-60-44)46(31-59)51(72-14)43-19-17-41(18-20-43)42-21-25-64(26-22-42)40(8)66/h17-21,33-39,45-54,67-68,70-71H,16,22-32H2,1-15H3/t34-,35-,36+,37-,38-,39+,45+,46-,47-,48+,49+,50+,51-,52-,53+,54-,56-,57-,58-/m1/s1. The summed E-state index contributed by atoms with van der Waals surface area (Å²) in [6, 6.07) is 6.59. The molecule has 4 N–H and O–H groups in total. The molecule has 3 saturated heterocycles. The molecule has 78 heavy (non-hydrogen) atoms. The van der Waals surface area contributed by atoms with Crippen LogP contribution in [0.5, 0.6) is 0 Å². The van der Waals surface area contributed by atoms with Crippen LogP contribution in [0.2, 0.25) is 0 Å². The Kier molecular flexibility index (Phi) is 22.1. The van der Waals surface area contributed by atoms with Crippen molar-refractivity contribution in [3.8, 4) is 0 Å². The van der Waals surface area contributed by atoms with Gasteiger partial charge in [-0.25, -0.2) is 9.07 Å². The maximum Gasteiger partial charge on any atom is 0.311 e. The van der Waals surface area contributed by atoms with Crippen molar-refractivity contribution in [3.63, 3.8) is 0 Å². The summed E-state index contributed by atoms with van der Waals surface area (Å²) < 4.78 is 61.2. The van der Waals surface area contributed by atoms with E-state index in [0.29, 0.717) is 51.1 Å². The van der Waals surface area contributed by atoms with Crippen molar-refractivity contribution in [2.45, 2.75) is 217 Å². The van der Waals surface area contributed by atoms with Gasteiger partial charge in [0.1, 0.15) is 42.7 Å². The van der Waals surface area contributed by atoms with E-state index < -0.39 is 109 Å². The monoisotopic (exact) mass is 1100 g/mol. The molecule has 0 radical (unpaired) electrons. The summed E-state index contributed by atoms with van der Waals surface area (Å²) in [5.74, 6) is -2.52. The van der Waals surface area contributed by atoms with Crippen molar-refractivity contribution in [3.05, 3.63) is 53.4 Å². The molecule has 0 saturated carbocycles. The highest BCUT2D eigenvalue weighted by Gasteiger charge is 2.52. The van der Waals surface area contributed by atoms with Gasteiger partial charge < -0.3 is 68.3 Å². The van der Waals surface area contributed by atoms with Gasteiger partial charge in [0, 0.05) is 90.8 Å². The van der Waals surface area contributed by atoms with E-state index in [0.717, 1.165) is 17.5 Å². The Morgan fingerprint density at radius 3 is 2.27 bits per heavy atom. The number of cyclic esters (lactones) is 1. The first-order valence-corrected chi connectivity index (χ1v) is 28.3. The van der Waals surface area contributed by atoms with Crippen molar-refractivity contribution in [1.82, 2.24) is 29.7 Å². The molecule has 1 aromatic heterocycles. The zero-order valence-electron chi connectivity index (χ0n) is 49.2. The van der Waals surface area contributed by atoms with E-state index in [4.69, 9.17) is 33.2 Å². The van der Waals surface area contributed by atoms with Crippen LogP contribution in [0.4, 0.5) is 4.39 Å². The molecule has 19 atom stereocenters. The van der Waals surface area contributed by atoms with E-state index in [2.05, 4.69) is 21.3 Å². The van der Waals surface area contributed by atoms with Crippen LogP contribution in [0.25, 0.3) is 5.57 Å². The summed E-state index contributed by atoms with van der Waals surface area (Å²) >= 11 is 0. The van der Waals surface area contributed by atoms with E-state index in [-0.39, 0.29) is 43.2 Å². The van der Waals surface area contributed by atoms with Crippen LogP contribution in [0.3, 0.4) is 0 Å². The third kappa shape index (κ3) is 14.9. The largest absolute Gasteiger partial charge is 0.459 e. The number of esters is 1. The summed E-state index contributed by atoms with van der Waals surface area (Å²) in [6.07, 6.45) is -1.82. The highest BCUT2D eigenvalue weighted by atomic mass is 19.1. The van der Waals surface area contributed by atoms with Crippen LogP contribution in [-0.4, -0.2) is 207 Å². The third-order valence-corrected chi connectivity index (χ3v) is 17.7. The average Bonchev–Trinajstić information content (AvgIpc) is 3.88. The second-order valence-electron chi connectivity index (χ2n) is 24.0. The fourth-order valence-electron chi connectivity index (χ4n) is 12.6. The Morgan fingerprint density at radius 2 is 1.67 bits per heavy atom. The SMILES string of the molecule is CC[C@H]1OC(=O)[C@H](C)[C@@H](O[C@H]2C[C@@](C)(OC)[C@@H](O)[C@H](C)O2)[C@H](C)[C@@H](O[C@H]2C[C@@H](N(C)CCc3cn([C@H](CF)[C@H](OC)c4ccc(C5=CCN(C(C)=O)CC5)cc4)nn3)C[C@@H](C)O2)[C@](C)(O)C[C@@H](C)CN(C)[C@H](C)[C@@H](O)[C@]1(C)O. The number of ether oxygens (including phenoxy) is 7. The van der Waals surface area contributed by atoms with Gasteiger partial charge in [-0.1, -0.05) is 56.3 Å². The summed E-state index contributed by atoms with van der Waals surface area (Å²) in [5.41, 5.74) is -0.698. The number of hydrogen-bond donors (Lipinski definition) is 4. The number of alkyl halides is 1. The first-order valence-electron chi connectivity index (χ1n) is 28.3. The van der Waals surface area contributed by atoms with Gasteiger partial charge in [-0.05, 0) is 111 Å². The molecular formula is C58H95FN6O13. The van der Waals surface area contributed by atoms with Crippen LogP contribution in [-0.2, 0) is 49.2 Å². The van der Waals surface area contributed by atoms with Gasteiger partial charge in [-0.15, -0.1) is 5.10 Å². The van der Waals surface area contributed by atoms with Gasteiger partial charge in [0.2, 0.25) is 5.91 Å². The lowest BCUT2D eigenvalue weighted by atomic mass is 9.77. The van der Waals surface area contributed by atoms with Crippen molar-refractivity contribution < 1.29 is 67.6 Å². The zero-order valence-corrected chi connectivity index (χ0v) is 49.2. The predicted molar refractivity (Wildman–Crippen MR) is 292 cm³/mol. The lowest BCUT2D eigenvalue weighted by molar-refractivity contribution is -0.308. The molecule has 4 aliphatic heterocycles. The van der Waals surface area contributed by atoms with Crippen molar-refractivity contribution >= 4 is 17.4 Å². The van der Waals surface area contributed by atoms with Gasteiger partial charge in [0.25, 0.3) is 0 Å². The molecule has 1 aromatic carbocycles. The minimum atomic E-state index is -1.83. The molecule has 6 rings (SSSR count). The molecule has 20 heteroatoms. The Labute approximate surface area is 463 Å². The van der Waals surface area contributed by atoms with E-state index >= 15 is 4.39 Å². The van der Waals surface area contributed by atoms with Crippen molar-refractivity contribution in [1.29, 1.82) is 0 Å². The molecule has 4 aliphatic rings. The fourth-order valence-corrected chi connectivity index (χ4v) is 12.6. The number of rotatable bonds is 16. The number of amides is 1. The van der Waals surface area contributed by atoms with E-state index in [1.807, 2.05) is 75.9 Å². The quantitative estimate of drug-likeness (QED) is 0.149. The summed E-state index contributed by atoms with van der Waals surface area (Å²) in [5, 5.41) is 56.5. The molecule has 1 amide bonds. The molecule has 442 valence electrons. The summed E-state index contributed by atoms with van der Waals surface area (Å²) in [7, 11) is 6.97. The number of aromatic nitrogens is 3. The highest BCUT2D eigenvalue weighted by molar-refractivity contribution is 5.76. The fraction of sp³-hybridized carbons (Fsp3) is 0.793. The minimum Gasteiger partial charge on any atom is -0.459 e. The molecule has 5 heterocycles. The van der Waals surface area contributed by atoms with Gasteiger partial charge in [0.05, 0.1) is 47.2 Å². The van der Waals surface area contributed by atoms with Crippen molar-refractivity contribution in [2.24, 2.45) is 17.8 Å². The van der Waals surface area contributed by atoms with E-state index in [1.54, 1.807) is 59.5 Å². The lowest BCUT2D eigenvalue weighted by Crippen LogP contribution is -2.59. The zero-order chi connectivity index (χ0) is 57.6. The number of aliphatic hydroxyl groups excluding tert-OH is 2. The number of carbonyl (C=O) groups excluding carboxylic acids is 2. The predicted octanol–water partition coefficient (Wildman–Crippen LogP) is 5.67. The van der Waals surface area contributed by atoms with E-state index in [9.17, 15) is 30.0 Å². The van der Waals surface area contributed by atoms with Crippen LogP contribution < -0.4 is 0 Å². The Hall–Kier alpha value is -3.51. The van der Waals surface area contributed by atoms with Crippen LogP contribution in [0.1, 0.15) is 144 Å². The van der Waals surface area contributed by atoms with Gasteiger partial charge in [-0.3, -0.25) is 9.59 Å². The minimum absolute atomic E-state index is 0.0244. The molecule has 0 unspecified atom stereocenters. The number of hydrogen-bond acceptors (Lipinski definition) is 17. The second kappa shape index (κ2) is 27.0.